The van der Waals surface area contributed by atoms with Crippen LogP contribution in [0.5, 0.6) is 17.2 Å². The summed E-state index contributed by atoms with van der Waals surface area (Å²) in [7, 11) is 1.62. The third-order valence-corrected chi connectivity index (χ3v) is 5.79. The molecule has 1 aliphatic heterocycles. The summed E-state index contributed by atoms with van der Waals surface area (Å²) in [6.07, 6.45) is -1.91. The van der Waals surface area contributed by atoms with Crippen molar-refractivity contribution in [2.24, 2.45) is 0 Å². The summed E-state index contributed by atoms with van der Waals surface area (Å²) in [6.45, 7) is 0.184. The zero-order chi connectivity index (χ0) is 20.7. The minimum atomic E-state index is -1.29. The predicted molar refractivity (Wildman–Crippen MR) is 109 cm³/mol. The van der Waals surface area contributed by atoms with Crippen molar-refractivity contribution in [2.75, 3.05) is 13.9 Å². The van der Waals surface area contributed by atoms with Crippen LogP contribution < -0.4 is 14.2 Å². The van der Waals surface area contributed by atoms with Gasteiger partial charge in [0.25, 0.3) is 0 Å². The molecule has 1 N–H and O–H groups in total. The van der Waals surface area contributed by atoms with Crippen LogP contribution in [0.4, 0.5) is 4.79 Å². The van der Waals surface area contributed by atoms with E-state index >= 15 is 0 Å². The van der Waals surface area contributed by atoms with Gasteiger partial charge in [-0.05, 0) is 46.5 Å². The van der Waals surface area contributed by atoms with E-state index in [1.54, 1.807) is 7.11 Å². The summed E-state index contributed by atoms with van der Waals surface area (Å²) < 4.78 is 21.8. The van der Waals surface area contributed by atoms with Crippen LogP contribution in [0.1, 0.15) is 34.1 Å². The van der Waals surface area contributed by atoms with Crippen molar-refractivity contribution < 1.29 is 28.8 Å². The smallest absolute Gasteiger partial charge is 0.497 e. The molecule has 0 radical (unpaired) electrons. The highest BCUT2D eigenvalue weighted by molar-refractivity contribution is 5.61. The molecule has 3 unspecified atom stereocenters. The van der Waals surface area contributed by atoms with E-state index in [9.17, 15) is 9.90 Å². The molecule has 2 aliphatic rings. The topological polar surface area (TPSA) is 74.2 Å². The molecule has 0 fully saturated rings. The molecule has 6 nitrogen and oxygen atoms in total. The Bertz CT molecular complexity index is 1090. The van der Waals surface area contributed by atoms with Crippen LogP contribution in [0, 0.1) is 0 Å². The first-order chi connectivity index (χ1) is 14.7. The summed E-state index contributed by atoms with van der Waals surface area (Å²) in [6, 6.07) is 21.4. The number of carboxylic acid groups (broad SMARTS) is 1. The van der Waals surface area contributed by atoms with E-state index in [4.69, 9.17) is 18.9 Å². The molecule has 1 heterocycles. The first kappa shape index (κ1) is 18.4. The second-order valence-electron chi connectivity index (χ2n) is 7.32. The fourth-order valence-electron chi connectivity index (χ4n) is 4.53. The number of fused-ring (bicyclic) bond motifs is 2. The van der Waals surface area contributed by atoms with Crippen molar-refractivity contribution in [2.45, 2.75) is 17.9 Å². The number of hydrogen-bond donors (Lipinski definition) is 1. The van der Waals surface area contributed by atoms with Crippen molar-refractivity contribution >= 4 is 6.16 Å². The second-order valence-corrected chi connectivity index (χ2v) is 7.32. The zero-order valence-electron chi connectivity index (χ0n) is 16.3. The highest BCUT2D eigenvalue weighted by Crippen LogP contribution is 2.51. The molecule has 152 valence electrons. The Balaban J connectivity index is 1.64. The molecule has 0 spiro atoms. The number of methoxy groups -OCH3 is 1. The number of hydrogen-bond acceptors (Lipinski definition) is 5. The van der Waals surface area contributed by atoms with Crippen LogP contribution in [-0.2, 0) is 4.74 Å². The number of ether oxygens (including phenoxy) is 4. The second kappa shape index (κ2) is 7.30. The highest BCUT2D eigenvalue weighted by Gasteiger charge is 2.45. The molecule has 0 aromatic heterocycles. The van der Waals surface area contributed by atoms with E-state index in [1.807, 2.05) is 66.7 Å². The lowest BCUT2D eigenvalue weighted by molar-refractivity contribution is 0.0433. The van der Waals surface area contributed by atoms with Crippen molar-refractivity contribution in [3.8, 4) is 17.2 Å². The standard InChI is InChI=1S/C24H20O6/c1-27-16-9-6-14(7-10-16)21-17-4-2-3-5-18(17)22(23(21)30-24(25)26)15-8-11-19-20(12-15)29-13-28-19/h2-12,21-23H,13H2,1H3,(H,25,26). The van der Waals surface area contributed by atoms with Gasteiger partial charge in [0, 0.05) is 11.8 Å². The molecule has 0 saturated carbocycles. The molecule has 0 saturated heterocycles. The van der Waals surface area contributed by atoms with Gasteiger partial charge in [-0.25, -0.2) is 4.79 Å². The van der Waals surface area contributed by atoms with Crippen LogP contribution in [0.25, 0.3) is 0 Å². The van der Waals surface area contributed by atoms with E-state index in [0.29, 0.717) is 11.5 Å². The Morgan fingerprint density at radius 2 is 1.53 bits per heavy atom. The lowest BCUT2D eigenvalue weighted by atomic mass is 9.87. The molecule has 0 bridgehead atoms. The minimum Gasteiger partial charge on any atom is -0.497 e. The van der Waals surface area contributed by atoms with Crippen molar-refractivity contribution in [1.82, 2.24) is 0 Å². The quantitative estimate of drug-likeness (QED) is 0.632. The van der Waals surface area contributed by atoms with Crippen molar-refractivity contribution in [1.29, 1.82) is 0 Å². The van der Waals surface area contributed by atoms with E-state index in [-0.39, 0.29) is 18.6 Å². The van der Waals surface area contributed by atoms with Crippen LogP contribution in [-0.4, -0.2) is 31.3 Å². The van der Waals surface area contributed by atoms with Gasteiger partial charge in [-0.15, -0.1) is 0 Å². The molecule has 3 aromatic carbocycles. The van der Waals surface area contributed by atoms with Gasteiger partial charge in [0.2, 0.25) is 6.79 Å². The monoisotopic (exact) mass is 404 g/mol. The molecule has 0 amide bonds. The lowest BCUT2D eigenvalue weighted by Crippen LogP contribution is -2.26. The Hall–Kier alpha value is -3.67. The molecule has 3 aromatic rings. The summed E-state index contributed by atoms with van der Waals surface area (Å²) in [4.78, 5) is 11.7. The minimum absolute atomic E-state index is 0.184. The van der Waals surface area contributed by atoms with E-state index in [2.05, 4.69) is 0 Å². The maximum Gasteiger partial charge on any atom is 0.506 e. The predicted octanol–water partition coefficient (Wildman–Crippen LogP) is 4.76. The Labute approximate surface area is 173 Å². The van der Waals surface area contributed by atoms with Gasteiger partial charge in [-0.1, -0.05) is 42.5 Å². The summed E-state index contributed by atoms with van der Waals surface area (Å²) in [5.74, 6) is 1.59. The zero-order valence-corrected chi connectivity index (χ0v) is 16.3. The van der Waals surface area contributed by atoms with Crippen molar-refractivity contribution in [3.05, 3.63) is 89.0 Å². The van der Waals surface area contributed by atoms with E-state index in [0.717, 1.165) is 28.0 Å². The Morgan fingerprint density at radius 3 is 2.20 bits per heavy atom. The summed E-state index contributed by atoms with van der Waals surface area (Å²) >= 11 is 0. The first-order valence-electron chi connectivity index (χ1n) is 9.67. The lowest BCUT2D eigenvalue weighted by Gasteiger charge is -2.25. The number of carbonyl (C=O) groups is 1. The summed E-state index contributed by atoms with van der Waals surface area (Å²) in [5.41, 5.74) is 3.99. The van der Waals surface area contributed by atoms with Crippen LogP contribution in [0.2, 0.25) is 0 Å². The maximum atomic E-state index is 11.7. The third kappa shape index (κ3) is 3.01. The normalized spacial score (nSPS) is 21.2. The molecule has 3 atom stereocenters. The average molecular weight is 404 g/mol. The van der Waals surface area contributed by atoms with E-state index < -0.39 is 12.3 Å². The first-order valence-corrected chi connectivity index (χ1v) is 9.67. The van der Waals surface area contributed by atoms with Gasteiger partial charge >= 0.3 is 6.16 Å². The molecule has 30 heavy (non-hydrogen) atoms. The SMILES string of the molecule is COc1ccc(C2c3ccccc3C(c3ccc4c(c3)OCO4)C2OC(=O)O)cc1. The van der Waals surface area contributed by atoms with Crippen LogP contribution >= 0.6 is 0 Å². The third-order valence-electron chi connectivity index (χ3n) is 5.79. The molecular formula is C24H20O6. The van der Waals surface area contributed by atoms with Gasteiger partial charge in [0.05, 0.1) is 7.11 Å². The van der Waals surface area contributed by atoms with Gasteiger partial charge in [-0.2, -0.15) is 0 Å². The van der Waals surface area contributed by atoms with Crippen LogP contribution in [0.3, 0.4) is 0 Å². The van der Waals surface area contributed by atoms with Gasteiger partial charge in [0.15, 0.2) is 11.5 Å². The Morgan fingerprint density at radius 1 is 0.900 bits per heavy atom. The molecule has 1 aliphatic carbocycles. The van der Waals surface area contributed by atoms with Gasteiger partial charge < -0.3 is 24.1 Å². The largest absolute Gasteiger partial charge is 0.506 e. The summed E-state index contributed by atoms with van der Waals surface area (Å²) in [5, 5.41) is 9.53. The maximum absolute atomic E-state index is 11.7. The Kier molecular flexibility index (Phi) is 4.47. The molecule has 5 rings (SSSR count). The fourth-order valence-corrected chi connectivity index (χ4v) is 4.53. The molecule has 6 heteroatoms. The molecular weight excluding hydrogens is 384 g/mol. The van der Waals surface area contributed by atoms with E-state index in [1.165, 1.54) is 0 Å². The van der Waals surface area contributed by atoms with Crippen LogP contribution in [0.15, 0.2) is 66.7 Å². The fraction of sp³-hybridized carbons (Fsp3) is 0.208. The number of rotatable bonds is 4. The van der Waals surface area contributed by atoms with Gasteiger partial charge in [-0.3, -0.25) is 0 Å². The average Bonchev–Trinajstić information content (AvgIpc) is 3.35. The number of benzene rings is 3. The highest BCUT2D eigenvalue weighted by atomic mass is 16.7. The van der Waals surface area contributed by atoms with Gasteiger partial charge in [0.1, 0.15) is 11.9 Å². The van der Waals surface area contributed by atoms with Crippen molar-refractivity contribution in [3.63, 3.8) is 0 Å².